The molecule has 0 aliphatic heterocycles. The van der Waals surface area contributed by atoms with Gasteiger partial charge in [0, 0.05) is 11.6 Å². The van der Waals surface area contributed by atoms with Gasteiger partial charge in [0.15, 0.2) is 0 Å². The highest BCUT2D eigenvalue weighted by Gasteiger charge is 2.38. The van der Waals surface area contributed by atoms with Crippen molar-refractivity contribution >= 4 is 0 Å². The minimum Gasteiger partial charge on any atom is -0.497 e. The van der Waals surface area contributed by atoms with Crippen molar-refractivity contribution < 1.29 is 13.9 Å². The van der Waals surface area contributed by atoms with Crippen LogP contribution in [-0.2, 0) is 12.0 Å². The quantitative estimate of drug-likeness (QED) is 0.944. The standard InChI is InChI=1S/C17H18FNO2/c1-20-12-4-3-11-7-8-17(19,15(11)9-12)14-6-5-13(21-2)10-16(14)18/h3-6,9-10H,7-8,19H2,1-2H3. The average molecular weight is 287 g/mol. The van der Waals surface area contributed by atoms with Gasteiger partial charge >= 0.3 is 0 Å². The van der Waals surface area contributed by atoms with Crippen molar-refractivity contribution in [3.8, 4) is 11.5 Å². The second kappa shape index (κ2) is 5.04. The number of nitrogens with two attached hydrogens (primary N) is 1. The van der Waals surface area contributed by atoms with E-state index in [0.29, 0.717) is 17.7 Å². The predicted octanol–water partition coefficient (Wildman–Crippen LogP) is 2.99. The van der Waals surface area contributed by atoms with Gasteiger partial charge in [0.1, 0.15) is 17.3 Å². The first kappa shape index (κ1) is 13.9. The Morgan fingerprint density at radius 2 is 1.67 bits per heavy atom. The summed E-state index contributed by atoms with van der Waals surface area (Å²) in [4.78, 5) is 0. The van der Waals surface area contributed by atoms with Crippen molar-refractivity contribution in [2.24, 2.45) is 5.73 Å². The van der Waals surface area contributed by atoms with Gasteiger partial charge in [-0.05, 0) is 42.2 Å². The van der Waals surface area contributed by atoms with E-state index in [1.165, 1.54) is 13.2 Å². The molecule has 0 saturated carbocycles. The number of rotatable bonds is 3. The summed E-state index contributed by atoms with van der Waals surface area (Å²) in [5, 5.41) is 0. The number of benzene rings is 2. The van der Waals surface area contributed by atoms with E-state index in [2.05, 4.69) is 0 Å². The Morgan fingerprint density at radius 3 is 2.33 bits per heavy atom. The summed E-state index contributed by atoms with van der Waals surface area (Å²) < 4.78 is 24.7. The van der Waals surface area contributed by atoms with Gasteiger partial charge in [-0.3, -0.25) is 0 Å². The van der Waals surface area contributed by atoms with Crippen molar-refractivity contribution in [2.75, 3.05) is 14.2 Å². The Balaban J connectivity index is 2.12. The Morgan fingerprint density at radius 1 is 1.00 bits per heavy atom. The summed E-state index contributed by atoms with van der Waals surface area (Å²) >= 11 is 0. The van der Waals surface area contributed by atoms with Gasteiger partial charge in [-0.1, -0.05) is 12.1 Å². The van der Waals surface area contributed by atoms with Crippen LogP contribution in [0, 0.1) is 5.82 Å². The minimum absolute atomic E-state index is 0.340. The van der Waals surface area contributed by atoms with Crippen LogP contribution in [0.15, 0.2) is 36.4 Å². The first-order chi connectivity index (χ1) is 10.1. The number of halogens is 1. The topological polar surface area (TPSA) is 44.5 Å². The molecule has 0 bridgehead atoms. The van der Waals surface area contributed by atoms with Crippen LogP contribution in [-0.4, -0.2) is 14.2 Å². The Labute approximate surface area is 123 Å². The van der Waals surface area contributed by atoms with Crippen molar-refractivity contribution in [1.29, 1.82) is 0 Å². The predicted molar refractivity (Wildman–Crippen MR) is 79.2 cm³/mol. The number of hydrogen-bond donors (Lipinski definition) is 1. The summed E-state index contributed by atoms with van der Waals surface area (Å²) in [5.41, 5.74) is 8.33. The lowest BCUT2D eigenvalue weighted by molar-refractivity contribution is 0.406. The largest absolute Gasteiger partial charge is 0.497 e. The molecule has 2 aromatic rings. The molecule has 1 aliphatic rings. The van der Waals surface area contributed by atoms with Crippen molar-refractivity contribution in [3.05, 3.63) is 58.9 Å². The van der Waals surface area contributed by atoms with Gasteiger partial charge in [0.2, 0.25) is 0 Å². The molecule has 0 radical (unpaired) electrons. The minimum atomic E-state index is -0.819. The van der Waals surface area contributed by atoms with Gasteiger partial charge in [-0.15, -0.1) is 0 Å². The number of ether oxygens (including phenoxy) is 2. The van der Waals surface area contributed by atoms with Crippen molar-refractivity contribution in [2.45, 2.75) is 18.4 Å². The zero-order chi connectivity index (χ0) is 15.0. The van der Waals surface area contributed by atoms with Gasteiger partial charge in [-0.25, -0.2) is 4.39 Å². The smallest absolute Gasteiger partial charge is 0.132 e. The SMILES string of the molecule is COc1ccc(C2(N)CCc3ccc(OC)cc32)c(F)c1. The Kier molecular flexibility index (Phi) is 3.33. The number of methoxy groups -OCH3 is 2. The highest BCUT2D eigenvalue weighted by Crippen LogP contribution is 2.42. The zero-order valence-electron chi connectivity index (χ0n) is 12.2. The molecule has 2 aromatic carbocycles. The maximum absolute atomic E-state index is 14.4. The number of fused-ring (bicyclic) bond motifs is 1. The van der Waals surface area contributed by atoms with Crippen LogP contribution in [0.3, 0.4) is 0 Å². The first-order valence-electron chi connectivity index (χ1n) is 6.89. The van der Waals surface area contributed by atoms with Crippen LogP contribution in [0.4, 0.5) is 4.39 Å². The molecule has 0 fully saturated rings. The molecule has 1 atom stereocenters. The molecule has 0 amide bonds. The molecule has 21 heavy (non-hydrogen) atoms. The summed E-state index contributed by atoms with van der Waals surface area (Å²) in [5.74, 6) is 0.885. The highest BCUT2D eigenvalue weighted by atomic mass is 19.1. The summed E-state index contributed by atoms with van der Waals surface area (Å²) in [6, 6.07) is 10.7. The third kappa shape index (κ3) is 2.16. The molecule has 0 heterocycles. The fraction of sp³-hybridized carbons (Fsp3) is 0.294. The van der Waals surface area contributed by atoms with E-state index in [0.717, 1.165) is 23.3 Å². The third-order valence-corrected chi connectivity index (χ3v) is 4.24. The molecule has 2 N–H and O–H groups in total. The second-order valence-electron chi connectivity index (χ2n) is 5.34. The number of aryl methyl sites for hydroxylation is 1. The lowest BCUT2D eigenvalue weighted by Crippen LogP contribution is -2.36. The zero-order valence-corrected chi connectivity index (χ0v) is 12.2. The molecule has 0 spiro atoms. The molecular weight excluding hydrogens is 269 g/mol. The van der Waals surface area contributed by atoms with Crippen LogP contribution >= 0.6 is 0 Å². The molecule has 1 aliphatic carbocycles. The van der Waals surface area contributed by atoms with Crippen LogP contribution in [0.5, 0.6) is 11.5 Å². The Hall–Kier alpha value is -2.07. The van der Waals surface area contributed by atoms with E-state index in [1.807, 2.05) is 18.2 Å². The molecule has 3 rings (SSSR count). The van der Waals surface area contributed by atoms with E-state index in [4.69, 9.17) is 15.2 Å². The third-order valence-electron chi connectivity index (χ3n) is 4.24. The van der Waals surface area contributed by atoms with Crippen LogP contribution < -0.4 is 15.2 Å². The molecular formula is C17H18FNO2. The van der Waals surface area contributed by atoms with Gasteiger partial charge < -0.3 is 15.2 Å². The van der Waals surface area contributed by atoms with Crippen LogP contribution in [0.2, 0.25) is 0 Å². The lowest BCUT2D eigenvalue weighted by Gasteiger charge is -2.27. The van der Waals surface area contributed by atoms with Crippen LogP contribution in [0.25, 0.3) is 0 Å². The van der Waals surface area contributed by atoms with Crippen LogP contribution in [0.1, 0.15) is 23.1 Å². The molecule has 110 valence electrons. The van der Waals surface area contributed by atoms with E-state index < -0.39 is 5.54 Å². The van der Waals surface area contributed by atoms with Crippen molar-refractivity contribution in [3.63, 3.8) is 0 Å². The highest BCUT2D eigenvalue weighted by molar-refractivity contribution is 5.50. The molecule has 3 nitrogen and oxygen atoms in total. The summed E-state index contributed by atoms with van der Waals surface area (Å²) in [6.07, 6.45) is 1.51. The van der Waals surface area contributed by atoms with Crippen molar-refractivity contribution in [1.82, 2.24) is 0 Å². The van der Waals surface area contributed by atoms with E-state index >= 15 is 0 Å². The second-order valence-corrected chi connectivity index (χ2v) is 5.34. The Bertz CT molecular complexity index is 686. The molecule has 1 unspecified atom stereocenters. The molecule has 4 heteroatoms. The van der Waals surface area contributed by atoms with Gasteiger partial charge in [0.25, 0.3) is 0 Å². The lowest BCUT2D eigenvalue weighted by atomic mass is 9.84. The average Bonchev–Trinajstić information content (AvgIpc) is 2.84. The maximum atomic E-state index is 14.4. The maximum Gasteiger partial charge on any atom is 0.132 e. The van der Waals surface area contributed by atoms with E-state index in [-0.39, 0.29) is 5.82 Å². The molecule has 0 saturated heterocycles. The van der Waals surface area contributed by atoms with E-state index in [1.54, 1.807) is 19.2 Å². The van der Waals surface area contributed by atoms with Gasteiger partial charge in [0.05, 0.1) is 19.8 Å². The van der Waals surface area contributed by atoms with E-state index in [9.17, 15) is 4.39 Å². The molecule has 0 aromatic heterocycles. The monoisotopic (exact) mass is 287 g/mol. The van der Waals surface area contributed by atoms with Gasteiger partial charge in [-0.2, -0.15) is 0 Å². The fourth-order valence-electron chi connectivity index (χ4n) is 3.05. The summed E-state index contributed by atoms with van der Waals surface area (Å²) in [7, 11) is 3.13. The normalized spacial score (nSPS) is 20.2. The number of hydrogen-bond acceptors (Lipinski definition) is 3. The first-order valence-corrected chi connectivity index (χ1v) is 6.89. The fourth-order valence-corrected chi connectivity index (χ4v) is 3.05. The summed E-state index contributed by atoms with van der Waals surface area (Å²) in [6.45, 7) is 0.